The van der Waals surface area contributed by atoms with Gasteiger partial charge in [-0.15, -0.1) is 0 Å². The maximum absolute atomic E-state index is 13.4. The van der Waals surface area contributed by atoms with E-state index in [1.54, 1.807) is 0 Å². The standard InChI is InChI=1S/C26H29N5O/c1-4-31-16-22(18(3)29-31)26(32)30-14-6-8-20(15-30)25-23(19-10-12-27-13-11-19)21-9-5-7-17(2)24(21)28-25/h5,7,9-13,16,20,28H,4,6,8,14-15H2,1-3H3. The largest absolute Gasteiger partial charge is 0.357 e. The van der Waals surface area contributed by atoms with E-state index in [-0.39, 0.29) is 11.8 Å². The van der Waals surface area contributed by atoms with Crippen molar-refractivity contribution in [3.05, 3.63) is 71.4 Å². The van der Waals surface area contributed by atoms with Crippen LogP contribution in [0.3, 0.4) is 0 Å². The molecule has 1 saturated heterocycles. The minimum absolute atomic E-state index is 0.0876. The number of para-hydroxylation sites is 1. The molecule has 3 aromatic heterocycles. The molecule has 164 valence electrons. The zero-order valence-electron chi connectivity index (χ0n) is 18.9. The van der Waals surface area contributed by atoms with Crippen LogP contribution in [0, 0.1) is 13.8 Å². The summed E-state index contributed by atoms with van der Waals surface area (Å²) in [4.78, 5) is 23.3. The van der Waals surface area contributed by atoms with Gasteiger partial charge in [0.1, 0.15) is 0 Å². The second-order valence-electron chi connectivity index (χ2n) is 8.72. The first-order valence-corrected chi connectivity index (χ1v) is 11.4. The number of carbonyl (C=O) groups excluding carboxylic acids is 1. The van der Waals surface area contributed by atoms with Crippen LogP contribution in [0.2, 0.25) is 0 Å². The average molecular weight is 428 g/mol. The van der Waals surface area contributed by atoms with Crippen molar-refractivity contribution in [2.45, 2.75) is 46.1 Å². The molecule has 1 aliphatic heterocycles. The number of aryl methyl sites for hydroxylation is 3. The number of fused-ring (bicyclic) bond motifs is 1. The number of nitrogens with one attached hydrogen (secondary N) is 1. The molecule has 1 aliphatic rings. The Kier molecular flexibility index (Phi) is 5.29. The van der Waals surface area contributed by atoms with Gasteiger partial charge >= 0.3 is 0 Å². The van der Waals surface area contributed by atoms with E-state index >= 15 is 0 Å². The number of benzene rings is 1. The van der Waals surface area contributed by atoms with Crippen molar-refractivity contribution in [3.63, 3.8) is 0 Å². The Bertz CT molecular complexity index is 1270. The van der Waals surface area contributed by atoms with E-state index in [4.69, 9.17) is 0 Å². The van der Waals surface area contributed by atoms with Crippen molar-refractivity contribution in [2.75, 3.05) is 13.1 Å². The second kappa shape index (κ2) is 8.26. The molecule has 0 bridgehead atoms. The molecule has 6 heteroatoms. The summed E-state index contributed by atoms with van der Waals surface area (Å²) in [6.07, 6.45) is 7.62. The number of H-pyrrole nitrogens is 1. The number of rotatable bonds is 4. The Hall–Kier alpha value is -3.41. The number of likely N-dealkylation sites (tertiary alicyclic amines) is 1. The minimum Gasteiger partial charge on any atom is -0.357 e. The summed E-state index contributed by atoms with van der Waals surface area (Å²) >= 11 is 0. The van der Waals surface area contributed by atoms with E-state index in [1.165, 1.54) is 27.7 Å². The molecule has 1 aromatic carbocycles. The third-order valence-electron chi connectivity index (χ3n) is 6.66. The van der Waals surface area contributed by atoms with Gasteiger partial charge in [0.05, 0.1) is 11.3 Å². The van der Waals surface area contributed by atoms with E-state index < -0.39 is 0 Å². The lowest BCUT2D eigenvalue weighted by atomic mass is 9.89. The second-order valence-corrected chi connectivity index (χ2v) is 8.72. The molecule has 1 N–H and O–H groups in total. The van der Waals surface area contributed by atoms with Crippen LogP contribution in [0.15, 0.2) is 48.9 Å². The molecule has 5 rings (SSSR count). The van der Waals surface area contributed by atoms with Gasteiger partial charge in [-0.2, -0.15) is 5.10 Å². The van der Waals surface area contributed by atoms with Gasteiger partial charge in [0.25, 0.3) is 5.91 Å². The lowest BCUT2D eigenvalue weighted by Crippen LogP contribution is -2.39. The molecule has 4 aromatic rings. The molecule has 0 radical (unpaired) electrons. The molecule has 1 fully saturated rings. The highest BCUT2D eigenvalue weighted by Gasteiger charge is 2.30. The highest BCUT2D eigenvalue weighted by molar-refractivity contribution is 5.99. The van der Waals surface area contributed by atoms with Crippen LogP contribution in [-0.2, 0) is 6.54 Å². The number of pyridine rings is 1. The fourth-order valence-electron chi connectivity index (χ4n) is 4.98. The summed E-state index contributed by atoms with van der Waals surface area (Å²) in [5, 5.41) is 5.70. The van der Waals surface area contributed by atoms with Crippen molar-refractivity contribution in [2.24, 2.45) is 0 Å². The van der Waals surface area contributed by atoms with Gasteiger partial charge in [-0.1, -0.05) is 18.2 Å². The van der Waals surface area contributed by atoms with Gasteiger partial charge in [-0.3, -0.25) is 14.5 Å². The van der Waals surface area contributed by atoms with E-state index in [0.29, 0.717) is 12.1 Å². The quantitative estimate of drug-likeness (QED) is 0.494. The summed E-state index contributed by atoms with van der Waals surface area (Å²) in [7, 11) is 0. The Morgan fingerprint density at radius 3 is 2.75 bits per heavy atom. The third-order valence-corrected chi connectivity index (χ3v) is 6.66. The predicted octanol–water partition coefficient (Wildman–Crippen LogP) is 5.08. The van der Waals surface area contributed by atoms with E-state index in [9.17, 15) is 4.79 Å². The first-order chi connectivity index (χ1) is 15.6. The molecular weight excluding hydrogens is 398 g/mol. The van der Waals surface area contributed by atoms with Crippen molar-refractivity contribution in [3.8, 4) is 11.1 Å². The van der Waals surface area contributed by atoms with Gasteiger partial charge in [-0.05, 0) is 56.9 Å². The number of hydrogen-bond acceptors (Lipinski definition) is 3. The molecule has 0 spiro atoms. The summed E-state index contributed by atoms with van der Waals surface area (Å²) in [6, 6.07) is 10.6. The van der Waals surface area contributed by atoms with Crippen LogP contribution in [0.5, 0.6) is 0 Å². The minimum atomic E-state index is 0.0876. The molecule has 0 aliphatic carbocycles. The summed E-state index contributed by atoms with van der Waals surface area (Å²) in [5.74, 6) is 0.342. The van der Waals surface area contributed by atoms with Crippen molar-refractivity contribution in [1.29, 1.82) is 0 Å². The van der Waals surface area contributed by atoms with Crippen LogP contribution >= 0.6 is 0 Å². The number of amides is 1. The Balaban J connectivity index is 1.53. The number of carbonyl (C=O) groups is 1. The fourth-order valence-corrected chi connectivity index (χ4v) is 4.98. The zero-order chi connectivity index (χ0) is 22.2. The Morgan fingerprint density at radius 1 is 1.19 bits per heavy atom. The van der Waals surface area contributed by atoms with Crippen LogP contribution in [0.25, 0.3) is 22.0 Å². The molecular formula is C26H29N5O. The number of aromatic amines is 1. The maximum Gasteiger partial charge on any atom is 0.257 e. The number of piperidine rings is 1. The SMILES string of the molecule is CCn1cc(C(=O)N2CCCC(c3[nH]c4c(C)cccc4c3-c3ccncc3)C2)c(C)n1. The first-order valence-electron chi connectivity index (χ1n) is 11.4. The van der Waals surface area contributed by atoms with E-state index in [2.05, 4.69) is 52.3 Å². The number of hydrogen-bond donors (Lipinski definition) is 1. The zero-order valence-corrected chi connectivity index (χ0v) is 18.9. The lowest BCUT2D eigenvalue weighted by molar-refractivity contribution is 0.0705. The number of nitrogens with zero attached hydrogens (tertiary/aromatic N) is 4. The van der Waals surface area contributed by atoms with Gasteiger partial charge in [0.2, 0.25) is 0 Å². The molecule has 4 heterocycles. The van der Waals surface area contributed by atoms with Crippen LogP contribution in [0.4, 0.5) is 0 Å². The molecule has 0 saturated carbocycles. The monoisotopic (exact) mass is 427 g/mol. The first kappa shape index (κ1) is 20.5. The molecule has 1 amide bonds. The van der Waals surface area contributed by atoms with Crippen molar-refractivity contribution >= 4 is 16.8 Å². The van der Waals surface area contributed by atoms with E-state index in [0.717, 1.165) is 37.2 Å². The summed E-state index contributed by atoms with van der Waals surface area (Å²) < 4.78 is 1.84. The highest BCUT2D eigenvalue weighted by atomic mass is 16.2. The molecule has 1 atom stereocenters. The van der Waals surface area contributed by atoms with Crippen LogP contribution in [-0.4, -0.2) is 43.6 Å². The maximum atomic E-state index is 13.4. The predicted molar refractivity (Wildman–Crippen MR) is 127 cm³/mol. The molecule has 6 nitrogen and oxygen atoms in total. The van der Waals surface area contributed by atoms with Crippen molar-refractivity contribution in [1.82, 2.24) is 24.6 Å². The number of aromatic nitrogens is 4. The van der Waals surface area contributed by atoms with Gasteiger partial charge in [0, 0.05) is 66.3 Å². The average Bonchev–Trinajstić information content (AvgIpc) is 3.41. The third kappa shape index (κ3) is 3.49. The summed E-state index contributed by atoms with van der Waals surface area (Å²) in [6.45, 7) is 8.36. The highest BCUT2D eigenvalue weighted by Crippen LogP contribution is 2.40. The molecule has 1 unspecified atom stereocenters. The van der Waals surface area contributed by atoms with Crippen molar-refractivity contribution < 1.29 is 4.79 Å². The lowest BCUT2D eigenvalue weighted by Gasteiger charge is -2.33. The molecule has 32 heavy (non-hydrogen) atoms. The van der Waals surface area contributed by atoms with Gasteiger partial charge in [0.15, 0.2) is 0 Å². The Morgan fingerprint density at radius 2 is 2.00 bits per heavy atom. The van der Waals surface area contributed by atoms with Crippen LogP contribution < -0.4 is 0 Å². The summed E-state index contributed by atoms with van der Waals surface area (Å²) in [5.41, 5.74) is 7.55. The van der Waals surface area contributed by atoms with Gasteiger partial charge in [-0.25, -0.2) is 0 Å². The van der Waals surface area contributed by atoms with E-state index in [1.807, 2.05) is 42.0 Å². The normalized spacial score (nSPS) is 16.6. The van der Waals surface area contributed by atoms with Gasteiger partial charge < -0.3 is 9.88 Å². The fraction of sp³-hybridized carbons (Fsp3) is 0.346. The van der Waals surface area contributed by atoms with Crippen LogP contribution in [0.1, 0.15) is 53.0 Å². The smallest absolute Gasteiger partial charge is 0.257 e. The topological polar surface area (TPSA) is 66.8 Å². The Labute approximate surface area is 188 Å².